The molecule has 0 spiro atoms. The van der Waals surface area contributed by atoms with E-state index in [0.29, 0.717) is 5.57 Å². The van der Waals surface area contributed by atoms with Crippen LogP contribution in [0.3, 0.4) is 0 Å². The molecule has 0 radical (unpaired) electrons. The summed E-state index contributed by atoms with van der Waals surface area (Å²) in [7, 11) is -3.77. The molecule has 1 N–H and O–H groups in total. The summed E-state index contributed by atoms with van der Waals surface area (Å²) in [6.45, 7) is 0. The highest BCUT2D eigenvalue weighted by Crippen LogP contribution is 2.42. The molecule has 0 aliphatic heterocycles. The van der Waals surface area contributed by atoms with Crippen LogP contribution in [-0.2, 0) is 21.1 Å². The molecule has 0 fully saturated rings. The number of carbonyl (C=O) groups excluding carboxylic acids is 1. The van der Waals surface area contributed by atoms with Gasteiger partial charge < -0.3 is 5.32 Å². The summed E-state index contributed by atoms with van der Waals surface area (Å²) in [5.74, 6) is -0.439. The Balaban J connectivity index is 1.92. The highest BCUT2D eigenvalue weighted by atomic mass is 79.9. The fourth-order valence-electron chi connectivity index (χ4n) is 3.15. The molecule has 1 unspecified atom stereocenters. The number of nitrogens with one attached hydrogen (secondary N) is 1. The molecule has 3 rings (SSSR count). The molecule has 1 aliphatic carbocycles. The molecule has 1 aliphatic rings. The van der Waals surface area contributed by atoms with E-state index < -0.39 is 20.6 Å². The summed E-state index contributed by atoms with van der Waals surface area (Å²) in [6, 6.07) is 16.4. The van der Waals surface area contributed by atoms with Crippen LogP contribution in [0.2, 0.25) is 0 Å². The highest BCUT2D eigenvalue weighted by molar-refractivity contribution is 9.10. The standard InChI is InChI=1S/C21H18BrCl2NO3S/c1-29(27,28)21(25-19(26)11-14-7-9-16(22)10-8-14)12-17(23)20(18(24)13-21)15-5-3-2-4-6-15/h2-10,12H,11,13H2,1H3,(H,25,26). The number of allylic oxidation sites excluding steroid dienone is 2. The monoisotopic (exact) mass is 513 g/mol. The van der Waals surface area contributed by atoms with Crippen molar-refractivity contribution in [2.45, 2.75) is 17.7 Å². The predicted octanol–water partition coefficient (Wildman–Crippen LogP) is 5.03. The third-order valence-corrected chi connectivity index (χ3v) is 7.48. The van der Waals surface area contributed by atoms with Crippen molar-refractivity contribution in [3.63, 3.8) is 0 Å². The van der Waals surface area contributed by atoms with Gasteiger partial charge >= 0.3 is 0 Å². The quantitative estimate of drug-likeness (QED) is 0.608. The summed E-state index contributed by atoms with van der Waals surface area (Å²) in [4.78, 5) is 11.0. The van der Waals surface area contributed by atoms with Crippen molar-refractivity contribution >= 4 is 60.4 Å². The first-order valence-electron chi connectivity index (χ1n) is 8.69. The average Bonchev–Trinajstić information content (AvgIpc) is 2.63. The minimum Gasteiger partial charge on any atom is -0.333 e. The van der Waals surface area contributed by atoms with Crippen LogP contribution in [0.25, 0.3) is 5.57 Å². The zero-order valence-electron chi connectivity index (χ0n) is 15.5. The Morgan fingerprint density at radius 3 is 2.28 bits per heavy atom. The summed E-state index contributed by atoms with van der Waals surface area (Å²) in [6.07, 6.45) is 2.37. The Hall–Kier alpha value is -1.60. The molecule has 0 saturated carbocycles. The van der Waals surface area contributed by atoms with E-state index >= 15 is 0 Å². The average molecular weight is 515 g/mol. The zero-order valence-corrected chi connectivity index (χ0v) is 19.4. The molecule has 0 heterocycles. The molecule has 0 bridgehead atoms. The lowest BCUT2D eigenvalue weighted by Gasteiger charge is -2.34. The second-order valence-electron chi connectivity index (χ2n) is 6.83. The van der Waals surface area contributed by atoms with Gasteiger partial charge in [0.2, 0.25) is 5.91 Å². The molecule has 8 heteroatoms. The van der Waals surface area contributed by atoms with E-state index in [1.165, 1.54) is 6.08 Å². The van der Waals surface area contributed by atoms with Crippen LogP contribution in [0.4, 0.5) is 0 Å². The van der Waals surface area contributed by atoms with Gasteiger partial charge in [0.1, 0.15) is 0 Å². The van der Waals surface area contributed by atoms with Crippen LogP contribution in [0.15, 0.2) is 75.2 Å². The Kier molecular flexibility index (Phi) is 6.58. The first-order chi connectivity index (χ1) is 13.6. The second kappa shape index (κ2) is 8.64. The Morgan fingerprint density at radius 2 is 1.72 bits per heavy atom. The van der Waals surface area contributed by atoms with Gasteiger partial charge in [0.05, 0.1) is 6.42 Å². The van der Waals surface area contributed by atoms with E-state index in [9.17, 15) is 13.2 Å². The molecule has 2 aromatic rings. The molecule has 29 heavy (non-hydrogen) atoms. The van der Waals surface area contributed by atoms with Crippen LogP contribution in [0, 0.1) is 0 Å². The zero-order chi connectivity index (χ0) is 21.2. The number of sulfone groups is 1. The summed E-state index contributed by atoms with van der Waals surface area (Å²) < 4.78 is 26.2. The fraction of sp³-hybridized carbons (Fsp3) is 0.190. The lowest BCUT2D eigenvalue weighted by atomic mass is 9.95. The van der Waals surface area contributed by atoms with Crippen molar-refractivity contribution in [3.05, 3.63) is 86.3 Å². The molecule has 152 valence electrons. The van der Waals surface area contributed by atoms with Crippen molar-refractivity contribution in [3.8, 4) is 0 Å². The Bertz CT molecular complexity index is 1100. The Morgan fingerprint density at radius 1 is 1.10 bits per heavy atom. The van der Waals surface area contributed by atoms with Gasteiger partial charge in [-0.15, -0.1) is 0 Å². The first kappa shape index (κ1) is 22.1. The molecule has 0 saturated heterocycles. The third kappa shape index (κ3) is 4.94. The molecular formula is C21H18BrCl2NO3S. The number of benzene rings is 2. The van der Waals surface area contributed by atoms with Crippen molar-refractivity contribution in [1.29, 1.82) is 0 Å². The van der Waals surface area contributed by atoms with Crippen LogP contribution < -0.4 is 5.32 Å². The van der Waals surface area contributed by atoms with Gasteiger partial charge in [-0.05, 0) is 29.3 Å². The maximum Gasteiger partial charge on any atom is 0.225 e. The molecule has 0 aromatic heterocycles. The summed E-state index contributed by atoms with van der Waals surface area (Å²) in [5, 5.41) is 3.11. The van der Waals surface area contributed by atoms with Crippen molar-refractivity contribution in [2.24, 2.45) is 0 Å². The molecule has 4 nitrogen and oxygen atoms in total. The van der Waals surface area contributed by atoms with Crippen LogP contribution in [0.1, 0.15) is 17.5 Å². The maximum atomic E-state index is 12.7. The van der Waals surface area contributed by atoms with Crippen LogP contribution >= 0.6 is 39.1 Å². The van der Waals surface area contributed by atoms with E-state index in [1.54, 1.807) is 12.1 Å². The smallest absolute Gasteiger partial charge is 0.225 e. The van der Waals surface area contributed by atoms with E-state index in [4.69, 9.17) is 23.2 Å². The topological polar surface area (TPSA) is 63.2 Å². The molecular weight excluding hydrogens is 497 g/mol. The van der Waals surface area contributed by atoms with Gasteiger partial charge in [-0.1, -0.05) is 81.6 Å². The number of hydrogen-bond donors (Lipinski definition) is 1. The van der Waals surface area contributed by atoms with Crippen LogP contribution in [-0.4, -0.2) is 25.5 Å². The number of halogens is 3. The fourth-order valence-corrected chi connectivity index (χ4v) is 5.48. The van der Waals surface area contributed by atoms with Gasteiger partial charge in [-0.3, -0.25) is 4.79 Å². The van der Waals surface area contributed by atoms with Crippen molar-refractivity contribution < 1.29 is 13.2 Å². The second-order valence-corrected chi connectivity index (χ2v) is 10.9. The Labute approximate surface area is 188 Å². The first-order valence-corrected chi connectivity index (χ1v) is 12.1. The van der Waals surface area contributed by atoms with E-state index in [1.807, 2.05) is 42.5 Å². The maximum absolute atomic E-state index is 12.7. The highest BCUT2D eigenvalue weighted by Gasteiger charge is 2.44. The van der Waals surface area contributed by atoms with Gasteiger partial charge in [0.15, 0.2) is 14.7 Å². The largest absolute Gasteiger partial charge is 0.333 e. The van der Waals surface area contributed by atoms with Crippen LogP contribution in [0.5, 0.6) is 0 Å². The molecule has 1 amide bonds. The van der Waals surface area contributed by atoms with Gasteiger partial charge in [0, 0.05) is 32.8 Å². The molecule has 1 atom stereocenters. The third-order valence-electron chi connectivity index (χ3n) is 4.64. The number of rotatable bonds is 5. The number of amides is 1. The normalized spacial score (nSPS) is 19.7. The lowest BCUT2D eigenvalue weighted by Crippen LogP contribution is -2.54. The molecule has 2 aromatic carbocycles. The van der Waals surface area contributed by atoms with E-state index in [0.717, 1.165) is 21.9 Å². The van der Waals surface area contributed by atoms with Crippen molar-refractivity contribution in [2.75, 3.05) is 6.26 Å². The van der Waals surface area contributed by atoms with E-state index in [-0.39, 0.29) is 22.9 Å². The van der Waals surface area contributed by atoms with Crippen molar-refractivity contribution in [1.82, 2.24) is 5.32 Å². The summed E-state index contributed by atoms with van der Waals surface area (Å²) >= 11 is 16.3. The van der Waals surface area contributed by atoms with E-state index in [2.05, 4.69) is 21.2 Å². The van der Waals surface area contributed by atoms with Gasteiger partial charge in [-0.2, -0.15) is 0 Å². The predicted molar refractivity (Wildman–Crippen MR) is 121 cm³/mol. The number of hydrogen-bond acceptors (Lipinski definition) is 3. The minimum atomic E-state index is -3.77. The van der Waals surface area contributed by atoms with Gasteiger partial charge in [0.25, 0.3) is 0 Å². The number of carbonyl (C=O) groups is 1. The van der Waals surface area contributed by atoms with Gasteiger partial charge in [-0.25, -0.2) is 8.42 Å². The SMILES string of the molecule is CS(=O)(=O)C1(NC(=O)Cc2ccc(Br)cc2)C=C(Cl)C(c2ccccc2)=C(Cl)C1. The minimum absolute atomic E-state index is 0.0306. The summed E-state index contributed by atoms with van der Waals surface area (Å²) in [5.41, 5.74) is 2.10. The lowest BCUT2D eigenvalue weighted by molar-refractivity contribution is -0.121.